The predicted molar refractivity (Wildman–Crippen MR) is 65.5 cm³/mol. The van der Waals surface area contributed by atoms with Crippen molar-refractivity contribution in [2.24, 2.45) is 0 Å². The van der Waals surface area contributed by atoms with Gasteiger partial charge in [0.1, 0.15) is 0 Å². The van der Waals surface area contributed by atoms with Gasteiger partial charge in [0.2, 0.25) is 0 Å². The van der Waals surface area contributed by atoms with Crippen molar-refractivity contribution >= 4 is 0 Å². The van der Waals surface area contributed by atoms with Gasteiger partial charge in [0.15, 0.2) is 6.29 Å². The highest BCUT2D eigenvalue weighted by atomic mass is 16.7. The van der Waals surface area contributed by atoms with Crippen molar-refractivity contribution in [3.63, 3.8) is 0 Å². The molecule has 0 aliphatic carbocycles. The number of nitrogens with zero attached hydrogens (tertiary/aromatic N) is 2. The van der Waals surface area contributed by atoms with Crippen LogP contribution in [0.25, 0.3) is 11.1 Å². The molecule has 0 aliphatic heterocycles. The molecule has 0 N–H and O–H groups in total. The van der Waals surface area contributed by atoms with E-state index in [0.717, 1.165) is 11.1 Å². The number of ether oxygens (including phenoxy) is 2. The Morgan fingerprint density at radius 1 is 1.12 bits per heavy atom. The van der Waals surface area contributed by atoms with E-state index in [1.54, 1.807) is 14.2 Å². The summed E-state index contributed by atoms with van der Waals surface area (Å²) < 4.78 is 12.1. The van der Waals surface area contributed by atoms with Crippen molar-refractivity contribution in [2.45, 2.75) is 12.8 Å². The first-order chi connectivity index (χ1) is 8.33. The molecule has 0 aliphatic rings. The average Bonchev–Trinajstić information content (AvgIpc) is 2.85. The summed E-state index contributed by atoms with van der Waals surface area (Å²) >= 11 is 0. The van der Waals surface area contributed by atoms with Gasteiger partial charge in [-0.05, 0) is 5.56 Å². The van der Waals surface area contributed by atoms with Crippen molar-refractivity contribution in [1.82, 2.24) is 9.78 Å². The number of hydrogen-bond donors (Lipinski definition) is 0. The van der Waals surface area contributed by atoms with Gasteiger partial charge in [-0.25, -0.2) is 0 Å². The highest BCUT2D eigenvalue weighted by Crippen LogP contribution is 2.17. The molecule has 0 spiro atoms. The molecule has 17 heavy (non-hydrogen) atoms. The second kappa shape index (κ2) is 5.61. The van der Waals surface area contributed by atoms with Crippen LogP contribution in [0, 0.1) is 0 Å². The van der Waals surface area contributed by atoms with Crippen molar-refractivity contribution in [3.8, 4) is 11.1 Å². The normalized spacial score (nSPS) is 11.0. The summed E-state index contributed by atoms with van der Waals surface area (Å²) in [7, 11) is 3.24. The SMILES string of the molecule is COC(Cn1cc(-c2ccccc2)cn1)OC. The van der Waals surface area contributed by atoms with Gasteiger partial charge in [-0.15, -0.1) is 0 Å². The summed E-state index contributed by atoms with van der Waals surface area (Å²) in [5.41, 5.74) is 2.25. The molecule has 0 radical (unpaired) electrons. The molecule has 0 fully saturated rings. The van der Waals surface area contributed by atoms with E-state index in [4.69, 9.17) is 9.47 Å². The smallest absolute Gasteiger partial charge is 0.176 e. The van der Waals surface area contributed by atoms with Gasteiger partial charge in [-0.3, -0.25) is 4.68 Å². The third kappa shape index (κ3) is 2.93. The standard InChI is InChI=1S/C13H16N2O2/c1-16-13(17-2)10-15-9-12(8-14-15)11-6-4-3-5-7-11/h3-9,13H,10H2,1-2H3. The first kappa shape index (κ1) is 11.8. The van der Waals surface area contributed by atoms with Gasteiger partial charge < -0.3 is 9.47 Å². The molecular formula is C13H16N2O2. The van der Waals surface area contributed by atoms with Crippen LogP contribution in [0.3, 0.4) is 0 Å². The Morgan fingerprint density at radius 2 is 1.82 bits per heavy atom. The third-order valence-corrected chi connectivity index (χ3v) is 2.60. The highest BCUT2D eigenvalue weighted by molar-refractivity contribution is 5.61. The van der Waals surface area contributed by atoms with Gasteiger partial charge in [0, 0.05) is 26.0 Å². The van der Waals surface area contributed by atoms with E-state index in [-0.39, 0.29) is 6.29 Å². The summed E-state index contributed by atoms with van der Waals surface area (Å²) in [4.78, 5) is 0. The van der Waals surface area contributed by atoms with E-state index >= 15 is 0 Å². The summed E-state index contributed by atoms with van der Waals surface area (Å²) in [6, 6.07) is 10.1. The maximum absolute atomic E-state index is 5.14. The van der Waals surface area contributed by atoms with Crippen LogP contribution in [0.1, 0.15) is 0 Å². The Hall–Kier alpha value is -1.65. The molecule has 1 aromatic carbocycles. The lowest BCUT2D eigenvalue weighted by Crippen LogP contribution is -2.20. The molecule has 0 atom stereocenters. The average molecular weight is 232 g/mol. The lowest BCUT2D eigenvalue weighted by atomic mass is 10.1. The number of aromatic nitrogens is 2. The molecule has 1 aromatic heterocycles. The minimum Gasteiger partial charge on any atom is -0.354 e. The fraction of sp³-hybridized carbons (Fsp3) is 0.308. The summed E-state index contributed by atoms with van der Waals surface area (Å²) in [5.74, 6) is 0. The van der Waals surface area contributed by atoms with Crippen LogP contribution >= 0.6 is 0 Å². The Morgan fingerprint density at radius 3 is 2.47 bits per heavy atom. The molecule has 0 saturated carbocycles. The maximum atomic E-state index is 5.14. The van der Waals surface area contributed by atoms with Gasteiger partial charge >= 0.3 is 0 Å². The van der Waals surface area contributed by atoms with E-state index < -0.39 is 0 Å². The predicted octanol–water partition coefficient (Wildman–Crippen LogP) is 2.17. The molecule has 4 heteroatoms. The van der Waals surface area contributed by atoms with Crippen molar-refractivity contribution in [3.05, 3.63) is 42.7 Å². The Balaban J connectivity index is 2.11. The largest absolute Gasteiger partial charge is 0.354 e. The topological polar surface area (TPSA) is 36.3 Å². The summed E-state index contributed by atoms with van der Waals surface area (Å²) in [6.07, 6.45) is 3.57. The lowest BCUT2D eigenvalue weighted by Gasteiger charge is -2.12. The van der Waals surface area contributed by atoms with Crippen molar-refractivity contribution in [1.29, 1.82) is 0 Å². The van der Waals surface area contributed by atoms with Crippen LogP contribution in [0.15, 0.2) is 42.7 Å². The third-order valence-electron chi connectivity index (χ3n) is 2.60. The second-order valence-electron chi connectivity index (χ2n) is 3.72. The minimum atomic E-state index is -0.265. The number of benzene rings is 1. The molecule has 1 heterocycles. The quantitative estimate of drug-likeness (QED) is 0.741. The minimum absolute atomic E-state index is 0.265. The number of hydrogen-bond acceptors (Lipinski definition) is 3. The van der Waals surface area contributed by atoms with Crippen molar-refractivity contribution < 1.29 is 9.47 Å². The van der Waals surface area contributed by atoms with Crippen molar-refractivity contribution in [2.75, 3.05) is 14.2 Å². The molecule has 2 rings (SSSR count). The summed E-state index contributed by atoms with van der Waals surface area (Å²) in [6.45, 7) is 0.583. The number of rotatable bonds is 5. The zero-order chi connectivity index (χ0) is 12.1. The molecule has 0 amide bonds. The molecule has 0 unspecified atom stereocenters. The van der Waals surface area contributed by atoms with E-state index in [0.29, 0.717) is 6.54 Å². The maximum Gasteiger partial charge on any atom is 0.176 e. The van der Waals surface area contributed by atoms with Crippen LogP contribution < -0.4 is 0 Å². The molecular weight excluding hydrogens is 216 g/mol. The van der Waals surface area contributed by atoms with E-state index in [2.05, 4.69) is 17.2 Å². The molecule has 0 saturated heterocycles. The highest BCUT2D eigenvalue weighted by Gasteiger charge is 2.07. The molecule has 4 nitrogen and oxygen atoms in total. The van der Waals surface area contributed by atoms with Gasteiger partial charge in [0.25, 0.3) is 0 Å². The zero-order valence-corrected chi connectivity index (χ0v) is 10.0. The van der Waals surface area contributed by atoms with Crippen LogP contribution in [-0.2, 0) is 16.0 Å². The van der Waals surface area contributed by atoms with Gasteiger partial charge in [-0.2, -0.15) is 5.10 Å². The van der Waals surface area contributed by atoms with E-state index in [9.17, 15) is 0 Å². The van der Waals surface area contributed by atoms with E-state index in [1.807, 2.05) is 35.3 Å². The second-order valence-corrected chi connectivity index (χ2v) is 3.72. The van der Waals surface area contributed by atoms with Gasteiger partial charge in [0.05, 0.1) is 12.7 Å². The monoisotopic (exact) mass is 232 g/mol. The van der Waals surface area contributed by atoms with Gasteiger partial charge in [-0.1, -0.05) is 30.3 Å². The lowest BCUT2D eigenvalue weighted by molar-refractivity contribution is -0.112. The van der Waals surface area contributed by atoms with E-state index in [1.165, 1.54) is 0 Å². The zero-order valence-electron chi connectivity index (χ0n) is 10.0. The van der Waals surface area contributed by atoms with Crippen LogP contribution in [0.4, 0.5) is 0 Å². The number of methoxy groups -OCH3 is 2. The Kier molecular flexibility index (Phi) is 3.90. The molecule has 90 valence electrons. The Labute approximate surface area is 101 Å². The van der Waals surface area contributed by atoms with Crippen LogP contribution in [-0.4, -0.2) is 30.3 Å². The fourth-order valence-electron chi connectivity index (χ4n) is 1.64. The fourth-order valence-corrected chi connectivity index (χ4v) is 1.64. The molecule has 0 bridgehead atoms. The Bertz CT molecular complexity index is 449. The molecule has 2 aromatic rings. The summed E-state index contributed by atoms with van der Waals surface area (Å²) in [5, 5.41) is 4.28. The van der Waals surface area contributed by atoms with Crippen LogP contribution in [0.5, 0.6) is 0 Å². The first-order valence-corrected chi connectivity index (χ1v) is 5.47. The van der Waals surface area contributed by atoms with Crippen LogP contribution in [0.2, 0.25) is 0 Å². The first-order valence-electron chi connectivity index (χ1n) is 5.47.